The number of hydrogen-bond acceptors (Lipinski definition) is 2. The molecule has 0 unspecified atom stereocenters. The number of nitrogens with zero attached hydrogens (tertiary/aromatic N) is 2. The third-order valence-electron chi connectivity index (χ3n) is 3.62. The Kier molecular flexibility index (Phi) is 4.77. The van der Waals surface area contributed by atoms with Gasteiger partial charge < -0.3 is 9.80 Å². The third kappa shape index (κ3) is 3.91. The van der Waals surface area contributed by atoms with Crippen molar-refractivity contribution in [3.8, 4) is 0 Å². The maximum Gasteiger partial charge on any atom is 0.316 e. The molecule has 2 rings (SSSR count). The first kappa shape index (κ1) is 14.3. The standard InChI is InChI=1S/C14H18ClFN2O/c1-17-8-6-13(7-9-17)18(14(15)19)10-11-2-4-12(16)5-3-11/h2-5,13H,6-10H2,1H3. The lowest BCUT2D eigenvalue weighted by atomic mass is 10.0. The number of halogens is 2. The second-order valence-corrected chi connectivity index (χ2v) is 5.37. The van der Waals surface area contributed by atoms with Gasteiger partial charge in [-0.1, -0.05) is 12.1 Å². The predicted molar refractivity (Wildman–Crippen MR) is 73.7 cm³/mol. The summed E-state index contributed by atoms with van der Waals surface area (Å²) in [4.78, 5) is 15.5. The molecular weight excluding hydrogens is 267 g/mol. The molecule has 0 bridgehead atoms. The number of carbonyl (C=O) groups is 1. The van der Waals surface area contributed by atoms with Crippen LogP contribution in [0.25, 0.3) is 0 Å². The Bertz CT molecular complexity index is 430. The quantitative estimate of drug-likeness (QED) is 0.629. The summed E-state index contributed by atoms with van der Waals surface area (Å²) in [6.07, 6.45) is 1.85. The van der Waals surface area contributed by atoms with E-state index in [0.29, 0.717) is 6.54 Å². The molecule has 104 valence electrons. The Balaban J connectivity index is 2.04. The van der Waals surface area contributed by atoms with Gasteiger partial charge in [-0.3, -0.25) is 4.79 Å². The second-order valence-electron chi connectivity index (χ2n) is 5.04. The number of hydrogen-bond donors (Lipinski definition) is 0. The van der Waals surface area contributed by atoms with E-state index in [1.807, 2.05) is 0 Å². The Hall–Kier alpha value is -1.13. The summed E-state index contributed by atoms with van der Waals surface area (Å²) in [5, 5.41) is -0.432. The fraction of sp³-hybridized carbons (Fsp3) is 0.500. The molecule has 1 amide bonds. The number of amides is 1. The van der Waals surface area contributed by atoms with Crippen molar-refractivity contribution in [3.63, 3.8) is 0 Å². The normalized spacial score (nSPS) is 17.4. The number of benzene rings is 1. The highest BCUT2D eigenvalue weighted by atomic mass is 35.5. The zero-order valence-corrected chi connectivity index (χ0v) is 11.7. The molecule has 1 aromatic carbocycles. The summed E-state index contributed by atoms with van der Waals surface area (Å²) >= 11 is 5.69. The molecule has 5 heteroatoms. The van der Waals surface area contributed by atoms with Crippen molar-refractivity contribution in [1.29, 1.82) is 0 Å². The Morgan fingerprint density at radius 3 is 2.47 bits per heavy atom. The number of piperidine rings is 1. The summed E-state index contributed by atoms with van der Waals surface area (Å²) < 4.78 is 12.9. The van der Waals surface area contributed by atoms with Gasteiger partial charge in [0.1, 0.15) is 5.82 Å². The van der Waals surface area contributed by atoms with Gasteiger partial charge in [0.2, 0.25) is 0 Å². The van der Waals surface area contributed by atoms with Crippen LogP contribution in [0.2, 0.25) is 0 Å². The first-order chi connectivity index (χ1) is 9.06. The lowest BCUT2D eigenvalue weighted by Gasteiger charge is -2.36. The monoisotopic (exact) mass is 284 g/mol. The van der Waals surface area contributed by atoms with Gasteiger partial charge in [0.25, 0.3) is 0 Å². The van der Waals surface area contributed by atoms with E-state index in [2.05, 4.69) is 11.9 Å². The highest BCUT2D eigenvalue weighted by molar-refractivity contribution is 6.62. The maximum absolute atomic E-state index is 12.9. The van der Waals surface area contributed by atoms with Gasteiger partial charge in [0, 0.05) is 12.6 Å². The highest BCUT2D eigenvalue weighted by Crippen LogP contribution is 2.20. The molecule has 3 nitrogen and oxygen atoms in total. The molecule has 1 aliphatic rings. The van der Waals surface area contributed by atoms with Crippen LogP contribution < -0.4 is 0 Å². The second kappa shape index (κ2) is 6.35. The summed E-state index contributed by atoms with van der Waals surface area (Å²) in [7, 11) is 2.07. The Morgan fingerprint density at radius 1 is 1.37 bits per heavy atom. The predicted octanol–water partition coefficient (Wildman–Crippen LogP) is 3.08. The molecule has 0 spiro atoms. The van der Waals surface area contributed by atoms with Crippen molar-refractivity contribution < 1.29 is 9.18 Å². The van der Waals surface area contributed by atoms with Crippen LogP contribution in [-0.2, 0) is 6.54 Å². The fourth-order valence-corrected chi connectivity index (χ4v) is 2.63. The van der Waals surface area contributed by atoms with Crippen LogP contribution >= 0.6 is 11.6 Å². The SMILES string of the molecule is CN1CCC(N(Cc2ccc(F)cc2)C(=O)Cl)CC1. The van der Waals surface area contributed by atoms with E-state index in [1.54, 1.807) is 17.0 Å². The van der Waals surface area contributed by atoms with Crippen molar-refractivity contribution in [1.82, 2.24) is 9.80 Å². The van der Waals surface area contributed by atoms with Crippen LogP contribution in [0.4, 0.5) is 9.18 Å². The first-order valence-electron chi connectivity index (χ1n) is 6.45. The molecule has 0 aromatic heterocycles. The minimum atomic E-state index is -0.432. The van der Waals surface area contributed by atoms with Gasteiger partial charge >= 0.3 is 5.37 Å². The minimum Gasteiger partial charge on any atom is -0.322 e. The average Bonchev–Trinajstić information content (AvgIpc) is 2.39. The topological polar surface area (TPSA) is 23.6 Å². The molecule has 0 aliphatic carbocycles. The first-order valence-corrected chi connectivity index (χ1v) is 6.83. The number of carbonyl (C=O) groups excluding carboxylic acids is 1. The van der Waals surface area contributed by atoms with Crippen molar-refractivity contribution in [2.45, 2.75) is 25.4 Å². The molecule has 0 radical (unpaired) electrons. The number of rotatable bonds is 3. The van der Waals surface area contributed by atoms with Crippen LogP contribution in [0.5, 0.6) is 0 Å². The van der Waals surface area contributed by atoms with Gasteiger partial charge in [-0.15, -0.1) is 0 Å². The summed E-state index contributed by atoms with van der Waals surface area (Å²) in [5.74, 6) is -0.271. The van der Waals surface area contributed by atoms with E-state index in [4.69, 9.17) is 11.6 Å². The third-order valence-corrected chi connectivity index (χ3v) is 3.84. The molecule has 19 heavy (non-hydrogen) atoms. The van der Waals surface area contributed by atoms with Crippen LogP contribution in [0.15, 0.2) is 24.3 Å². The molecule has 1 fully saturated rings. The van der Waals surface area contributed by atoms with E-state index in [1.165, 1.54) is 12.1 Å². The molecule has 0 N–H and O–H groups in total. The molecule has 1 aliphatic heterocycles. The van der Waals surface area contributed by atoms with Crippen LogP contribution in [0.3, 0.4) is 0 Å². The van der Waals surface area contributed by atoms with Crippen molar-refractivity contribution in [2.24, 2.45) is 0 Å². The van der Waals surface area contributed by atoms with Crippen molar-refractivity contribution in [2.75, 3.05) is 20.1 Å². The molecule has 0 saturated carbocycles. The van der Waals surface area contributed by atoms with E-state index < -0.39 is 5.37 Å². The molecule has 1 aromatic rings. The molecule has 0 atom stereocenters. The molecule has 1 heterocycles. The molecular formula is C14H18ClFN2O. The van der Waals surface area contributed by atoms with Gasteiger partial charge in [-0.05, 0) is 62.3 Å². The van der Waals surface area contributed by atoms with E-state index in [0.717, 1.165) is 31.5 Å². The average molecular weight is 285 g/mol. The molecule has 1 saturated heterocycles. The smallest absolute Gasteiger partial charge is 0.316 e. The minimum absolute atomic E-state index is 0.172. The zero-order valence-electron chi connectivity index (χ0n) is 11.0. The van der Waals surface area contributed by atoms with E-state index in [9.17, 15) is 9.18 Å². The van der Waals surface area contributed by atoms with Crippen molar-refractivity contribution in [3.05, 3.63) is 35.6 Å². The maximum atomic E-state index is 12.9. The Labute approximate surface area is 117 Å². The van der Waals surface area contributed by atoms with Crippen LogP contribution in [0, 0.1) is 5.82 Å². The summed E-state index contributed by atoms with van der Waals surface area (Å²) in [6.45, 7) is 2.38. The van der Waals surface area contributed by atoms with Crippen molar-refractivity contribution >= 4 is 17.0 Å². The van der Waals surface area contributed by atoms with Crippen LogP contribution in [-0.4, -0.2) is 41.3 Å². The zero-order chi connectivity index (χ0) is 13.8. The van der Waals surface area contributed by atoms with Crippen LogP contribution in [0.1, 0.15) is 18.4 Å². The lowest BCUT2D eigenvalue weighted by Crippen LogP contribution is -2.44. The van der Waals surface area contributed by atoms with Gasteiger partial charge in [0.15, 0.2) is 0 Å². The van der Waals surface area contributed by atoms with Gasteiger partial charge in [-0.2, -0.15) is 0 Å². The van der Waals surface area contributed by atoms with E-state index >= 15 is 0 Å². The van der Waals surface area contributed by atoms with Gasteiger partial charge in [0.05, 0.1) is 0 Å². The lowest BCUT2D eigenvalue weighted by molar-refractivity contribution is 0.141. The van der Waals surface area contributed by atoms with Gasteiger partial charge in [-0.25, -0.2) is 4.39 Å². The highest BCUT2D eigenvalue weighted by Gasteiger charge is 2.26. The number of likely N-dealkylation sites (tertiary alicyclic amines) is 1. The Morgan fingerprint density at radius 2 is 1.95 bits per heavy atom. The summed E-state index contributed by atoms with van der Waals surface area (Å²) in [5.41, 5.74) is 0.898. The fourth-order valence-electron chi connectivity index (χ4n) is 2.43. The largest absolute Gasteiger partial charge is 0.322 e. The van der Waals surface area contributed by atoms with E-state index in [-0.39, 0.29) is 11.9 Å². The summed E-state index contributed by atoms with van der Waals surface area (Å²) in [6, 6.07) is 6.36.